The molecule has 5 nitrogen and oxygen atoms in total. The Kier molecular flexibility index (Phi) is 5.79. The second-order valence-electron chi connectivity index (χ2n) is 3.25. The minimum Gasteiger partial charge on any atom is -0.344 e. The molecular weight excluding hydrogens is 298 g/mol. The van der Waals surface area contributed by atoms with Gasteiger partial charge in [-0.15, -0.1) is 6.58 Å². The van der Waals surface area contributed by atoms with E-state index >= 15 is 0 Å². The van der Waals surface area contributed by atoms with Crippen molar-refractivity contribution in [2.75, 3.05) is 6.54 Å². The Morgan fingerprint density at radius 1 is 1.39 bits per heavy atom. The highest BCUT2D eigenvalue weighted by atomic mass is 79.9. The van der Waals surface area contributed by atoms with Crippen molar-refractivity contribution in [3.63, 3.8) is 0 Å². The third-order valence-corrected chi connectivity index (χ3v) is 2.33. The third-order valence-electron chi connectivity index (χ3n) is 1.84. The number of hydrogen-bond donors (Lipinski definition) is 2. The Balaban J connectivity index is 2.47. The van der Waals surface area contributed by atoms with Crippen molar-refractivity contribution in [3.8, 4) is 0 Å². The van der Waals surface area contributed by atoms with Gasteiger partial charge in [-0.1, -0.05) is 34.1 Å². The van der Waals surface area contributed by atoms with Crippen molar-refractivity contribution in [1.82, 2.24) is 10.7 Å². The molecule has 18 heavy (non-hydrogen) atoms. The molecule has 0 bridgehead atoms. The summed E-state index contributed by atoms with van der Waals surface area (Å²) in [5.41, 5.74) is 2.93. The fraction of sp³-hybridized carbons (Fsp3) is 0.0833. The van der Waals surface area contributed by atoms with Crippen LogP contribution in [0.4, 0.5) is 0 Å². The summed E-state index contributed by atoms with van der Waals surface area (Å²) in [6.45, 7) is 3.66. The van der Waals surface area contributed by atoms with Gasteiger partial charge in [0.05, 0.1) is 6.21 Å². The first-order valence-corrected chi connectivity index (χ1v) is 5.90. The minimum absolute atomic E-state index is 0.238. The van der Waals surface area contributed by atoms with Crippen LogP contribution in [0.15, 0.2) is 46.5 Å². The van der Waals surface area contributed by atoms with Gasteiger partial charge in [0.25, 0.3) is 0 Å². The second-order valence-corrected chi connectivity index (χ2v) is 4.17. The first kappa shape index (κ1) is 14.1. The van der Waals surface area contributed by atoms with Gasteiger partial charge in [0, 0.05) is 11.0 Å². The molecule has 6 heteroatoms. The lowest BCUT2D eigenvalue weighted by Gasteiger charge is -1.99. The normalized spacial score (nSPS) is 10.1. The summed E-state index contributed by atoms with van der Waals surface area (Å²) in [4.78, 5) is 22.4. The molecule has 0 heterocycles. The lowest BCUT2D eigenvalue weighted by Crippen LogP contribution is -2.37. The standard InChI is InChI=1S/C12H12BrN3O2/c1-2-6-14-11(17)12(18)16-15-8-9-4-3-5-10(13)7-9/h2-5,7-8H,1,6H2,(H,14,17)(H,16,18). The lowest BCUT2D eigenvalue weighted by molar-refractivity contribution is -0.139. The van der Waals surface area contributed by atoms with Crippen LogP contribution in [0.1, 0.15) is 5.56 Å². The van der Waals surface area contributed by atoms with Gasteiger partial charge >= 0.3 is 11.8 Å². The molecule has 2 N–H and O–H groups in total. The van der Waals surface area contributed by atoms with Gasteiger partial charge in [0.15, 0.2) is 0 Å². The zero-order chi connectivity index (χ0) is 13.4. The molecule has 0 radical (unpaired) electrons. The van der Waals surface area contributed by atoms with Gasteiger partial charge in [-0.25, -0.2) is 5.43 Å². The molecule has 2 amide bonds. The number of rotatable bonds is 4. The zero-order valence-electron chi connectivity index (χ0n) is 9.52. The number of carbonyl (C=O) groups excluding carboxylic acids is 2. The Hall–Kier alpha value is -1.95. The fourth-order valence-corrected chi connectivity index (χ4v) is 1.47. The van der Waals surface area contributed by atoms with Crippen LogP contribution in [0.5, 0.6) is 0 Å². The van der Waals surface area contributed by atoms with E-state index in [1.54, 1.807) is 0 Å². The van der Waals surface area contributed by atoms with Gasteiger partial charge in [0.2, 0.25) is 0 Å². The molecule has 0 aromatic heterocycles. The number of nitrogens with zero attached hydrogens (tertiary/aromatic N) is 1. The third kappa shape index (κ3) is 4.92. The highest BCUT2D eigenvalue weighted by Crippen LogP contribution is 2.09. The number of carbonyl (C=O) groups is 2. The zero-order valence-corrected chi connectivity index (χ0v) is 11.1. The summed E-state index contributed by atoms with van der Waals surface area (Å²) >= 11 is 3.31. The van der Waals surface area contributed by atoms with E-state index in [1.165, 1.54) is 12.3 Å². The molecule has 0 aliphatic rings. The van der Waals surface area contributed by atoms with E-state index in [4.69, 9.17) is 0 Å². The molecule has 0 atom stereocenters. The topological polar surface area (TPSA) is 70.6 Å². The first-order valence-electron chi connectivity index (χ1n) is 5.11. The van der Waals surface area contributed by atoms with E-state index in [2.05, 4.69) is 38.4 Å². The summed E-state index contributed by atoms with van der Waals surface area (Å²) in [7, 11) is 0. The predicted octanol–water partition coefficient (Wildman–Crippen LogP) is 1.20. The number of hydrazone groups is 1. The van der Waals surface area contributed by atoms with E-state index in [-0.39, 0.29) is 6.54 Å². The van der Waals surface area contributed by atoms with Crippen LogP contribution in [0, 0.1) is 0 Å². The monoisotopic (exact) mass is 309 g/mol. The van der Waals surface area contributed by atoms with Gasteiger partial charge in [0.1, 0.15) is 0 Å². The maximum atomic E-state index is 11.2. The van der Waals surface area contributed by atoms with Gasteiger partial charge < -0.3 is 5.32 Å². The molecular formula is C12H12BrN3O2. The summed E-state index contributed by atoms with van der Waals surface area (Å²) in [5, 5.41) is 6.02. The Morgan fingerprint density at radius 2 is 2.17 bits per heavy atom. The van der Waals surface area contributed by atoms with Crippen molar-refractivity contribution in [2.45, 2.75) is 0 Å². The SMILES string of the molecule is C=CCNC(=O)C(=O)NN=Cc1cccc(Br)c1. The van der Waals surface area contributed by atoms with E-state index in [0.717, 1.165) is 10.0 Å². The van der Waals surface area contributed by atoms with Crippen LogP contribution in [0.25, 0.3) is 0 Å². The molecule has 0 aliphatic carbocycles. The number of halogens is 1. The number of benzene rings is 1. The van der Waals surface area contributed by atoms with Gasteiger partial charge in [-0.3, -0.25) is 9.59 Å². The number of amides is 2. The average Bonchev–Trinajstić information content (AvgIpc) is 2.35. The fourth-order valence-electron chi connectivity index (χ4n) is 1.05. The lowest BCUT2D eigenvalue weighted by atomic mass is 10.2. The quantitative estimate of drug-likeness (QED) is 0.380. The summed E-state index contributed by atoms with van der Waals surface area (Å²) in [5.74, 6) is -1.57. The smallest absolute Gasteiger partial charge is 0.329 e. The highest BCUT2D eigenvalue weighted by molar-refractivity contribution is 9.10. The maximum Gasteiger partial charge on any atom is 0.329 e. The van der Waals surface area contributed by atoms with Crippen LogP contribution < -0.4 is 10.7 Å². The molecule has 1 aromatic carbocycles. The van der Waals surface area contributed by atoms with E-state index < -0.39 is 11.8 Å². The molecule has 0 spiro atoms. The van der Waals surface area contributed by atoms with Crippen molar-refractivity contribution in [3.05, 3.63) is 47.0 Å². The summed E-state index contributed by atoms with van der Waals surface area (Å²) in [6.07, 6.45) is 2.93. The van der Waals surface area contributed by atoms with Crippen LogP contribution in [0.3, 0.4) is 0 Å². The van der Waals surface area contributed by atoms with Crippen LogP contribution in [-0.2, 0) is 9.59 Å². The maximum absolute atomic E-state index is 11.2. The van der Waals surface area contributed by atoms with Crippen molar-refractivity contribution in [2.24, 2.45) is 5.10 Å². The molecule has 0 unspecified atom stereocenters. The summed E-state index contributed by atoms with van der Waals surface area (Å²) in [6, 6.07) is 7.36. The molecule has 1 rings (SSSR count). The van der Waals surface area contributed by atoms with Crippen molar-refractivity contribution < 1.29 is 9.59 Å². The first-order chi connectivity index (χ1) is 8.63. The van der Waals surface area contributed by atoms with Gasteiger partial charge in [-0.05, 0) is 17.7 Å². The average molecular weight is 310 g/mol. The molecule has 0 aliphatic heterocycles. The minimum atomic E-state index is -0.817. The molecule has 0 fully saturated rings. The van der Waals surface area contributed by atoms with E-state index in [9.17, 15) is 9.59 Å². The largest absolute Gasteiger partial charge is 0.344 e. The second kappa shape index (κ2) is 7.39. The van der Waals surface area contributed by atoms with Crippen LogP contribution in [0.2, 0.25) is 0 Å². The molecule has 0 saturated carbocycles. The Morgan fingerprint density at radius 3 is 2.83 bits per heavy atom. The molecule has 1 aromatic rings. The van der Waals surface area contributed by atoms with Gasteiger partial charge in [-0.2, -0.15) is 5.10 Å². The van der Waals surface area contributed by atoms with E-state index in [1.807, 2.05) is 24.3 Å². The highest BCUT2D eigenvalue weighted by Gasteiger charge is 2.10. The predicted molar refractivity (Wildman–Crippen MR) is 73.1 cm³/mol. The van der Waals surface area contributed by atoms with Crippen molar-refractivity contribution in [1.29, 1.82) is 0 Å². The van der Waals surface area contributed by atoms with Crippen LogP contribution >= 0.6 is 15.9 Å². The number of nitrogens with one attached hydrogen (secondary N) is 2. The molecule has 94 valence electrons. The van der Waals surface area contributed by atoms with Crippen LogP contribution in [-0.4, -0.2) is 24.6 Å². The van der Waals surface area contributed by atoms with E-state index in [0.29, 0.717) is 0 Å². The van der Waals surface area contributed by atoms with Crippen molar-refractivity contribution >= 4 is 34.0 Å². The Bertz CT molecular complexity index is 486. The number of hydrogen-bond acceptors (Lipinski definition) is 3. The molecule has 0 saturated heterocycles. The summed E-state index contributed by atoms with van der Waals surface area (Å²) < 4.78 is 0.904. The Labute approximate surface area is 113 Å².